The molecule has 7 nitrogen and oxygen atoms in total. The molecule has 2 aromatic heterocycles. The van der Waals surface area contributed by atoms with E-state index < -0.39 is 5.97 Å². The topological polar surface area (TPSA) is 87.3 Å². The second-order valence-corrected chi connectivity index (χ2v) is 6.70. The Balaban J connectivity index is 1.59. The molecular weight excluding hydrogens is 366 g/mol. The number of esters is 1. The summed E-state index contributed by atoms with van der Waals surface area (Å²) in [7, 11) is 0. The van der Waals surface area contributed by atoms with Gasteiger partial charge in [0.1, 0.15) is 10.8 Å². The van der Waals surface area contributed by atoms with Crippen LogP contribution in [0.25, 0.3) is 0 Å². The van der Waals surface area contributed by atoms with Crippen LogP contribution in [0.2, 0.25) is 0 Å². The van der Waals surface area contributed by atoms with E-state index in [1.54, 1.807) is 19.1 Å². The highest BCUT2D eigenvalue weighted by Crippen LogP contribution is 2.25. The molecule has 0 aliphatic heterocycles. The number of nitrogens with zero attached hydrogens (tertiary/aromatic N) is 3. The van der Waals surface area contributed by atoms with Crippen molar-refractivity contribution in [2.24, 2.45) is 0 Å². The zero-order chi connectivity index (χ0) is 19.2. The third-order valence-electron chi connectivity index (χ3n) is 3.58. The monoisotopic (exact) mass is 385 g/mol. The number of ether oxygens (including phenoxy) is 2. The first-order valence-electron chi connectivity index (χ1n) is 8.38. The standard InChI is InChI=1S/C19H19N3O4S/c1-4-24-18(23)14-7-8-17(20-10-14)27-19-22-21-16(26-19)11-25-15-9-12(2)5-6-13(15)3/h5-10H,4,11H2,1-3H3. The van der Waals surface area contributed by atoms with Crippen LogP contribution < -0.4 is 4.74 Å². The molecule has 27 heavy (non-hydrogen) atoms. The molecule has 0 aliphatic rings. The minimum atomic E-state index is -0.398. The second kappa shape index (κ2) is 8.68. The van der Waals surface area contributed by atoms with Crippen LogP contribution in [-0.2, 0) is 11.3 Å². The number of rotatable bonds is 7. The quantitative estimate of drug-likeness (QED) is 0.564. The third-order valence-corrected chi connectivity index (χ3v) is 4.37. The molecule has 0 atom stereocenters. The van der Waals surface area contributed by atoms with Gasteiger partial charge in [-0.15, -0.1) is 10.2 Å². The number of hydrogen-bond donors (Lipinski definition) is 0. The number of benzene rings is 1. The number of aryl methyl sites for hydroxylation is 2. The van der Waals surface area contributed by atoms with Gasteiger partial charge < -0.3 is 13.9 Å². The van der Waals surface area contributed by atoms with Crippen LogP contribution in [0, 0.1) is 13.8 Å². The van der Waals surface area contributed by atoms with Gasteiger partial charge >= 0.3 is 5.97 Å². The van der Waals surface area contributed by atoms with Crippen molar-refractivity contribution < 1.29 is 18.7 Å². The van der Waals surface area contributed by atoms with Gasteiger partial charge in [0.25, 0.3) is 11.1 Å². The number of hydrogen-bond acceptors (Lipinski definition) is 8. The van der Waals surface area contributed by atoms with Crippen molar-refractivity contribution in [2.75, 3.05) is 6.61 Å². The van der Waals surface area contributed by atoms with Gasteiger partial charge in [-0.3, -0.25) is 0 Å². The van der Waals surface area contributed by atoms with Crippen molar-refractivity contribution in [3.63, 3.8) is 0 Å². The molecule has 140 valence electrons. The van der Waals surface area contributed by atoms with Crippen molar-refractivity contribution in [3.8, 4) is 5.75 Å². The minimum absolute atomic E-state index is 0.188. The number of aromatic nitrogens is 3. The molecule has 0 spiro atoms. The molecule has 3 rings (SSSR count). The summed E-state index contributed by atoms with van der Waals surface area (Å²) in [5, 5.41) is 8.96. The van der Waals surface area contributed by atoms with E-state index >= 15 is 0 Å². The van der Waals surface area contributed by atoms with E-state index in [-0.39, 0.29) is 6.61 Å². The fourth-order valence-electron chi connectivity index (χ4n) is 2.21. The molecule has 0 aliphatic carbocycles. The molecule has 0 bridgehead atoms. The average Bonchev–Trinajstić information content (AvgIpc) is 3.10. The first kappa shape index (κ1) is 18.9. The van der Waals surface area contributed by atoms with Gasteiger partial charge in [0, 0.05) is 6.20 Å². The molecule has 0 unspecified atom stereocenters. The Bertz CT molecular complexity index is 925. The van der Waals surface area contributed by atoms with Crippen LogP contribution >= 0.6 is 11.8 Å². The van der Waals surface area contributed by atoms with Crippen molar-refractivity contribution in [1.29, 1.82) is 0 Å². The maximum Gasteiger partial charge on any atom is 0.339 e. The van der Waals surface area contributed by atoms with E-state index in [9.17, 15) is 4.79 Å². The summed E-state index contributed by atoms with van der Waals surface area (Å²) < 4.78 is 16.3. The summed E-state index contributed by atoms with van der Waals surface area (Å²) in [4.78, 5) is 15.8. The van der Waals surface area contributed by atoms with E-state index in [1.165, 1.54) is 18.0 Å². The van der Waals surface area contributed by atoms with Crippen LogP contribution in [0.15, 0.2) is 51.2 Å². The minimum Gasteiger partial charge on any atom is -0.484 e. The maximum atomic E-state index is 11.6. The van der Waals surface area contributed by atoms with Gasteiger partial charge in [-0.2, -0.15) is 0 Å². The van der Waals surface area contributed by atoms with Gasteiger partial charge in [0.15, 0.2) is 6.61 Å². The van der Waals surface area contributed by atoms with Gasteiger partial charge in [-0.05, 0) is 61.9 Å². The molecule has 0 saturated carbocycles. The Hall–Kier alpha value is -2.87. The lowest BCUT2D eigenvalue weighted by Crippen LogP contribution is -2.04. The molecule has 0 radical (unpaired) electrons. The Morgan fingerprint density at radius 2 is 2.04 bits per heavy atom. The van der Waals surface area contributed by atoms with Crippen LogP contribution in [0.1, 0.15) is 34.3 Å². The highest BCUT2D eigenvalue weighted by molar-refractivity contribution is 7.99. The van der Waals surface area contributed by atoms with E-state index in [1.807, 2.05) is 32.0 Å². The first-order chi connectivity index (χ1) is 13.0. The van der Waals surface area contributed by atoms with E-state index in [2.05, 4.69) is 15.2 Å². The van der Waals surface area contributed by atoms with Gasteiger partial charge in [-0.1, -0.05) is 12.1 Å². The summed E-state index contributed by atoms with van der Waals surface area (Å²) in [5.41, 5.74) is 2.56. The number of pyridine rings is 1. The summed E-state index contributed by atoms with van der Waals surface area (Å²) >= 11 is 1.21. The third kappa shape index (κ3) is 5.07. The fourth-order valence-corrected chi connectivity index (χ4v) is 2.85. The summed E-state index contributed by atoms with van der Waals surface area (Å²) in [5.74, 6) is 0.769. The predicted octanol–water partition coefficient (Wildman–Crippen LogP) is 3.99. The highest BCUT2D eigenvalue weighted by atomic mass is 32.2. The van der Waals surface area contributed by atoms with Crippen molar-refractivity contribution in [2.45, 2.75) is 37.6 Å². The van der Waals surface area contributed by atoms with Crippen LogP contribution in [0.3, 0.4) is 0 Å². The lowest BCUT2D eigenvalue weighted by molar-refractivity contribution is 0.0525. The molecule has 3 aromatic rings. The Morgan fingerprint density at radius 1 is 1.19 bits per heavy atom. The Labute approximate surface area is 161 Å². The first-order valence-corrected chi connectivity index (χ1v) is 9.20. The SMILES string of the molecule is CCOC(=O)c1ccc(Sc2nnc(COc3cc(C)ccc3C)o2)nc1. The molecular formula is C19H19N3O4S. The smallest absolute Gasteiger partial charge is 0.339 e. The molecule has 0 saturated heterocycles. The summed E-state index contributed by atoms with van der Waals surface area (Å²) in [6.45, 7) is 6.26. The molecule has 0 fully saturated rings. The van der Waals surface area contributed by atoms with E-state index in [4.69, 9.17) is 13.9 Å². The molecule has 0 N–H and O–H groups in total. The van der Waals surface area contributed by atoms with Gasteiger partial charge in [-0.25, -0.2) is 9.78 Å². The van der Waals surface area contributed by atoms with Crippen LogP contribution in [0.5, 0.6) is 5.75 Å². The summed E-state index contributed by atoms with van der Waals surface area (Å²) in [6, 6.07) is 9.35. The number of carbonyl (C=O) groups excluding carboxylic acids is 1. The molecule has 1 aromatic carbocycles. The van der Waals surface area contributed by atoms with E-state index in [0.717, 1.165) is 16.9 Å². The zero-order valence-electron chi connectivity index (χ0n) is 15.3. The normalized spacial score (nSPS) is 10.6. The van der Waals surface area contributed by atoms with E-state index in [0.29, 0.717) is 28.3 Å². The van der Waals surface area contributed by atoms with Crippen molar-refractivity contribution in [3.05, 3.63) is 59.1 Å². The predicted molar refractivity (Wildman–Crippen MR) is 98.9 cm³/mol. The van der Waals surface area contributed by atoms with Crippen LogP contribution in [-0.4, -0.2) is 27.8 Å². The largest absolute Gasteiger partial charge is 0.484 e. The molecule has 2 heterocycles. The maximum absolute atomic E-state index is 11.6. The molecule has 0 amide bonds. The lowest BCUT2D eigenvalue weighted by atomic mass is 10.1. The number of carbonyl (C=O) groups is 1. The van der Waals surface area contributed by atoms with Crippen LogP contribution in [0.4, 0.5) is 0 Å². The zero-order valence-corrected chi connectivity index (χ0v) is 16.1. The van der Waals surface area contributed by atoms with Gasteiger partial charge in [0.2, 0.25) is 0 Å². The lowest BCUT2D eigenvalue weighted by Gasteiger charge is -2.07. The van der Waals surface area contributed by atoms with Gasteiger partial charge in [0.05, 0.1) is 12.2 Å². The van der Waals surface area contributed by atoms with Crippen molar-refractivity contribution in [1.82, 2.24) is 15.2 Å². The highest BCUT2D eigenvalue weighted by Gasteiger charge is 2.12. The fraction of sp³-hybridized carbons (Fsp3) is 0.263. The summed E-state index contributed by atoms with van der Waals surface area (Å²) in [6.07, 6.45) is 1.46. The Morgan fingerprint density at radius 3 is 2.78 bits per heavy atom. The van der Waals surface area contributed by atoms with Crippen molar-refractivity contribution >= 4 is 17.7 Å². The second-order valence-electron chi connectivity index (χ2n) is 5.73. The molecule has 8 heteroatoms. The average molecular weight is 385 g/mol. The Kier molecular flexibility index (Phi) is 6.08.